The molecule has 0 fully saturated rings. The summed E-state index contributed by atoms with van der Waals surface area (Å²) in [5.41, 5.74) is -0.788. The van der Waals surface area contributed by atoms with Gasteiger partial charge < -0.3 is 14.0 Å². The summed E-state index contributed by atoms with van der Waals surface area (Å²) in [5.74, 6) is -1.82. The zero-order valence-electron chi connectivity index (χ0n) is 30.9. The molecule has 274 valence electrons. The van der Waals surface area contributed by atoms with Gasteiger partial charge in [-0.05, 0) is 50.7 Å². The van der Waals surface area contributed by atoms with E-state index in [0.29, 0.717) is 12.8 Å². The van der Waals surface area contributed by atoms with Crippen LogP contribution in [0.2, 0.25) is 0 Å². The number of carbonyl (C=O) groups is 2. The molecule has 9 heteroatoms. The van der Waals surface area contributed by atoms with Crippen LogP contribution in [0.3, 0.4) is 0 Å². The van der Waals surface area contributed by atoms with Gasteiger partial charge in [-0.25, -0.2) is 18.0 Å². The fourth-order valence-electron chi connectivity index (χ4n) is 5.92. The first kappa shape index (κ1) is 48.2. The van der Waals surface area contributed by atoms with E-state index in [9.17, 15) is 22.6 Å². The topological polar surface area (TPSA) is 110 Å². The van der Waals surface area contributed by atoms with Crippen LogP contribution in [0.5, 0.6) is 0 Å². The van der Waals surface area contributed by atoms with E-state index in [-0.39, 0.29) is 70.2 Å². The molecular formula is C40H65KO7S. The first-order chi connectivity index (χ1) is 23.3. The molecule has 0 aromatic heterocycles. The van der Waals surface area contributed by atoms with E-state index in [1.165, 1.54) is 115 Å². The minimum atomic E-state index is -5.01. The van der Waals surface area contributed by atoms with Gasteiger partial charge in [-0.1, -0.05) is 147 Å². The van der Waals surface area contributed by atoms with Crippen molar-refractivity contribution in [1.82, 2.24) is 0 Å². The minimum absolute atomic E-state index is 0. The molecule has 0 radical (unpaired) electrons. The first-order valence-corrected chi connectivity index (χ1v) is 20.4. The van der Waals surface area contributed by atoms with Crippen LogP contribution in [0.25, 0.3) is 0 Å². The third-order valence-corrected chi connectivity index (χ3v) is 9.67. The van der Waals surface area contributed by atoms with Gasteiger partial charge in [0.05, 0.1) is 29.2 Å². The summed E-state index contributed by atoms with van der Waals surface area (Å²) in [6, 6.07) is 3.60. The predicted octanol–water partition coefficient (Wildman–Crippen LogP) is 8.42. The molecule has 7 nitrogen and oxygen atoms in total. The van der Waals surface area contributed by atoms with Crippen LogP contribution >= 0.6 is 0 Å². The van der Waals surface area contributed by atoms with Crippen LogP contribution in [-0.4, -0.2) is 38.1 Å². The van der Waals surface area contributed by atoms with Gasteiger partial charge in [0.15, 0.2) is 0 Å². The first-order valence-electron chi connectivity index (χ1n) is 19.0. The summed E-state index contributed by atoms with van der Waals surface area (Å²) < 4.78 is 46.5. The zero-order valence-corrected chi connectivity index (χ0v) is 34.8. The van der Waals surface area contributed by atoms with Gasteiger partial charge >= 0.3 is 63.3 Å². The molecule has 0 atom stereocenters. The van der Waals surface area contributed by atoms with Crippen molar-refractivity contribution in [2.45, 2.75) is 172 Å². The Kier molecular flexibility index (Phi) is 32.5. The summed E-state index contributed by atoms with van der Waals surface area (Å²) >= 11 is 0. The SMILES string of the molecule is C=CCCCCCCCCCCCCCCOC(=O)c1cccc(S(=O)(=O)[O-])c1C(=O)OCCCCCCCCCCCCCCC=C.[K+]. The second kappa shape index (κ2) is 33.1. The van der Waals surface area contributed by atoms with Gasteiger partial charge in [0.25, 0.3) is 0 Å². The Bertz CT molecular complexity index is 1120. The van der Waals surface area contributed by atoms with Crippen molar-refractivity contribution in [1.29, 1.82) is 0 Å². The maximum atomic E-state index is 12.9. The molecule has 1 aromatic rings. The third kappa shape index (κ3) is 25.7. The second-order valence-corrected chi connectivity index (χ2v) is 14.4. The monoisotopic (exact) mass is 728 g/mol. The van der Waals surface area contributed by atoms with Crippen molar-refractivity contribution >= 4 is 22.1 Å². The molecule has 0 amide bonds. The van der Waals surface area contributed by atoms with Crippen LogP contribution in [0.1, 0.15) is 188 Å². The third-order valence-electron chi connectivity index (χ3n) is 8.79. The number of esters is 2. The Morgan fingerprint density at radius 2 is 0.878 bits per heavy atom. The van der Waals surface area contributed by atoms with E-state index in [1.54, 1.807) is 0 Å². The number of benzene rings is 1. The summed E-state index contributed by atoms with van der Waals surface area (Å²) in [7, 11) is -5.01. The molecular weight excluding hydrogens is 664 g/mol. The number of hydrogen-bond donors (Lipinski definition) is 0. The van der Waals surface area contributed by atoms with E-state index >= 15 is 0 Å². The number of allylic oxidation sites excluding steroid dienone is 2. The van der Waals surface area contributed by atoms with Crippen molar-refractivity contribution in [3.63, 3.8) is 0 Å². The maximum absolute atomic E-state index is 12.9. The average Bonchev–Trinajstić information content (AvgIpc) is 3.07. The predicted molar refractivity (Wildman–Crippen MR) is 195 cm³/mol. The van der Waals surface area contributed by atoms with Crippen LogP contribution in [0, 0.1) is 0 Å². The van der Waals surface area contributed by atoms with E-state index in [4.69, 9.17) is 9.47 Å². The normalized spacial score (nSPS) is 11.1. The Morgan fingerprint density at radius 1 is 0.551 bits per heavy atom. The fraction of sp³-hybridized carbons (Fsp3) is 0.700. The van der Waals surface area contributed by atoms with Crippen LogP contribution in [0.15, 0.2) is 48.4 Å². The molecule has 1 aromatic carbocycles. The van der Waals surface area contributed by atoms with E-state index in [1.807, 2.05) is 12.2 Å². The molecule has 0 unspecified atom stereocenters. The molecule has 0 heterocycles. The van der Waals surface area contributed by atoms with Crippen LogP contribution < -0.4 is 51.4 Å². The van der Waals surface area contributed by atoms with E-state index in [2.05, 4.69) is 13.2 Å². The van der Waals surface area contributed by atoms with Crippen LogP contribution in [-0.2, 0) is 19.6 Å². The van der Waals surface area contributed by atoms with Crippen molar-refractivity contribution in [3.8, 4) is 0 Å². The number of hydrogen-bond acceptors (Lipinski definition) is 7. The Hall–Kier alpha value is -0.814. The molecule has 0 aliphatic carbocycles. The molecule has 0 aliphatic heterocycles. The van der Waals surface area contributed by atoms with Crippen molar-refractivity contribution < 1.29 is 83.4 Å². The molecule has 0 saturated heterocycles. The Morgan fingerprint density at radius 3 is 1.22 bits per heavy atom. The fourth-order valence-corrected chi connectivity index (χ4v) is 6.61. The van der Waals surface area contributed by atoms with Gasteiger partial charge in [-0.3, -0.25) is 0 Å². The van der Waals surface area contributed by atoms with Gasteiger partial charge in [0, 0.05) is 0 Å². The van der Waals surface area contributed by atoms with E-state index in [0.717, 1.165) is 57.4 Å². The summed E-state index contributed by atoms with van der Waals surface area (Å²) in [5, 5.41) is 0. The van der Waals surface area contributed by atoms with Crippen LogP contribution in [0.4, 0.5) is 0 Å². The molecule has 0 N–H and O–H groups in total. The quantitative estimate of drug-likeness (QED) is 0.0235. The number of rotatable bonds is 33. The molecule has 0 spiro atoms. The number of carbonyl (C=O) groups excluding carboxylic acids is 2. The summed E-state index contributed by atoms with van der Waals surface area (Å²) in [4.78, 5) is 25.0. The smallest absolute Gasteiger partial charge is 0.744 e. The van der Waals surface area contributed by atoms with Crippen molar-refractivity contribution in [2.24, 2.45) is 0 Å². The van der Waals surface area contributed by atoms with Gasteiger partial charge in [-0.2, -0.15) is 0 Å². The molecule has 1 rings (SSSR count). The zero-order chi connectivity index (χ0) is 35.1. The van der Waals surface area contributed by atoms with Gasteiger partial charge in [0.1, 0.15) is 10.1 Å². The largest absolute Gasteiger partial charge is 1.00 e. The number of ether oxygens (including phenoxy) is 2. The minimum Gasteiger partial charge on any atom is -0.744 e. The standard InChI is InChI=1S/C40H66O7S.K/c1-3-5-7-9-11-13-15-17-19-21-23-25-27-29-34-46-39(41)36-32-31-33-37(48(43,44)45)38(36)40(42)47-35-30-28-26-24-22-20-18-16-14-12-10-8-6-4-2;/h3-4,31-33H,1-2,5-30,34-35H2,(H,43,44,45);/q;+1/p-1. The molecule has 0 aliphatic rings. The summed E-state index contributed by atoms with van der Waals surface area (Å²) in [6.45, 7) is 7.76. The second-order valence-electron chi connectivity index (χ2n) is 13.0. The Balaban J connectivity index is 0.0000230. The van der Waals surface area contributed by atoms with Gasteiger partial charge in [0.2, 0.25) is 0 Å². The maximum Gasteiger partial charge on any atom is 1.00 e. The molecule has 49 heavy (non-hydrogen) atoms. The summed E-state index contributed by atoms with van der Waals surface area (Å²) in [6.07, 6.45) is 34.0. The average molecular weight is 729 g/mol. The van der Waals surface area contributed by atoms with Gasteiger partial charge in [-0.15, -0.1) is 13.2 Å². The van der Waals surface area contributed by atoms with Crippen molar-refractivity contribution in [2.75, 3.05) is 13.2 Å². The molecule has 0 bridgehead atoms. The number of unbranched alkanes of at least 4 members (excludes halogenated alkanes) is 24. The molecule has 0 saturated carbocycles. The Labute approximate surface area is 342 Å². The van der Waals surface area contributed by atoms with Crippen molar-refractivity contribution in [3.05, 3.63) is 54.6 Å². The van der Waals surface area contributed by atoms with E-state index < -0.39 is 32.5 Å².